The second kappa shape index (κ2) is 10.2. The molecule has 218 valence electrons. The summed E-state index contributed by atoms with van der Waals surface area (Å²) in [7, 11) is 0. The quantitative estimate of drug-likeness (QED) is 0.201. The van der Waals surface area contributed by atoms with Gasteiger partial charge in [-0.2, -0.15) is 0 Å². The summed E-state index contributed by atoms with van der Waals surface area (Å²) < 4.78 is 6.41. The molecule has 0 atom stereocenters. The summed E-state index contributed by atoms with van der Waals surface area (Å²) in [6.07, 6.45) is 0. The van der Waals surface area contributed by atoms with Crippen LogP contribution in [0, 0.1) is 6.92 Å². The number of aryl methyl sites for hydroxylation is 1. The van der Waals surface area contributed by atoms with Crippen molar-refractivity contribution < 1.29 is 4.74 Å². The predicted octanol–water partition coefficient (Wildman–Crippen LogP) is 11.3. The van der Waals surface area contributed by atoms with Crippen molar-refractivity contribution in [2.75, 3.05) is 0 Å². The summed E-state index contributed by atoms with van der Waals surface area (Å²) in [5, 5.41) is 0. The average molecular weight is 581 g/mol. The van der Waals surface area contributed by atoms with Crippen LogP contribution in [-0.4, -0.2) is 0 Å². The lowest BCUT2D eigenvalue weighted by atomic mass is 9.67. The molecule has 0 aromatic heterocycles. The topological polar surface area (TPSA) is 9.23 Å². The van der Waals surface area contributed by atoms with Crippen LogP contribution in [0.25, 0.3) is 16.7 Å². The highest BCUT2D eigenvalue weighted by molar-refractivity contribution is 5.94. The normalized spacial score (nSPS) is 15.6. The van der Waals surface area contributed by atoms with Gasteiger partial charge in [-0.15, -0.1) is 0 Å². The van der Waals surface area contributed by atoms with E-state index in [4.69, 9.17) is 4.74 Å². The van der Waals surface area contributed by atoms with Crippen molar-refractivity contribution in [3.05, 3.63) is 196 Å². The predicted molar refractivity (Wildman–Crippen MR) is 186 cm³/mol. The molecule has 2 aliphatic rings. The van der Waals surface area contributed by atoms with Gasteiger partial charge in [-0.1, -0.05) is 135 Å². The molecule has 0 N–H and O–H groups in total. The Kier molecular flexibility index (Phi) is 6.22. The van der Waals surface area contributed by atoms with Gasteiger partial charge in [0, 0.05) is 16.5 Å². The molecule has 6 aromatic rings. The van der Waals surface area contributed by atoms with E-state index in [0.717, 1.165) is 11.5 Å². The molecule has 1 aliphatic heterocycles. The van der Waals surface area contributed by atoms with E-state index in [1.54, 1.807) is 0 Å². The highest BCUT2D eigenvalue weighted by Crippen LogP contribution is 2.57. The first-order chi connectivity index (χ1) is 21.9. The minimum absolute atomic E-state index is 0.176. The summed E-state index contributed by atoms with van der Waals surface area (Å²) >= 11 is 0. The maximum atomic E-state index is 6.41. The van der Waals surface area contributed by atoms with Crippen molar-refractivity contribution in [2.24, 2.45) is 0 Å². The summed E-state index contributed by atoms with van der Waals surface area (Å²) in [5.41, 5.74) is 14.7. The lowest BCUT2D eigenvalue weighted by molar-refractivity contribution is 0.418. The van der Waals surface area contributed by atoms with E-state index < -0.39 is 5.41 Å². The van der Waals surface area contributed by atoms with E-state index in [9.17, 15) is 0 Å². The van der Waals surface area contributed by atoms with Gasteiger partial charge in [0.05, 0.1) is 5.41 Å². The minimum Gasteiger partial charge on any atom is -0.457 e. The van der Waals surface area contributed by atoms with Gasteiger partial charge in [-0.05, 0) is 93.8 Å². The largest absolute Gasteiger partial charge is 0.457 e. The molecule has 8 rings (SSSR count). The first kappa shape index (κ1) is 27.4. The Morgan fingerprint density at radius 1 is 0.467 bits per heavy atom. The lowest BCUT2D eigenvalue weighted by Gasteiger charge is -2.35. The number of allylic oxidation sites excluding steroid dienone is 1. The molecule has 45 heavy (non-hydrogen) atoms. The molecule has 0 saturated carbocycles. The van der Waals surface area contributed by atoms with Gasteiger partial charge >= 0.3 is 0 Å². The van der Waals surface area contributed by atoms with Gasteiger partial charge in [0.15, 0.2) is 0 Å². The highest BCUT2D eigenvalue weighted by Gasteiger charge is 2.46. The number of hydrogen-bond donors (Lipinski definition) is 0. The molecule has 1 heteroatoms. The SMILES string of the molecule is CC1=C(c2ccccc2C)c2ccc(-c3ccc4c(c3)C(C)(C)c3ccccc3O4)cc2C1(c1ccccc1)c1ccccc1. The van der Waals surface area contributed by atoms with E-state index in [-0.39, 0.29) is 5.41 Å². The number of ether oxygens (including phenoxy) is 1. The Hall–Kier alpha value is -5.14. The fraction of sp³-hybridized carbons (Fsp3) is 0.136. The lowest BCUT2D eigenvalue weighted by Crippen LogP contribution is -2.29. The monoisotopic (exact) mass is 580 g/mol. The molecule has 6 aromatic carbocycles. The number of rotatable bonds is 4. The molecule has 0 spiro atoms. The second-order valence-corrected chi connectivity index (χ2v) is 13.0. The van der Waals surface area contributed by atoms with Crippen molar-refractivity contribution in [3.8, 4) is 22.6 Å². The Labute approximate surface area is 266 Å². The molecule has 0 saturated heterocycles. The first-order valence-electron chi connectivity index (χ1n) is 15.9. The summed E-state index contributed by atoms with van der Waals surface area (Å²) in [6.45, 7) is 9.18. The van der Waals surface area contributed by atoms with Gasteiger partial charge in [0.2, 0.25) is 0 Å². The van der Waals surface area contributed by atoms with E-state index >= 15 is 0 Å². The van der Waals surface area contributed by atoms with Gasteiger partial charge < -0.3 is 4.74 Å². The van der Waals surface area contributed by atoms with Gasteiger partial charge in [0.25, 0.3) is 0 Å². The molecule has 1 heterocycles. The summed E-state index contributed by atoms with van der Waals surface area (Å²) in [6, 6.07) is 53.2. The van der Waals surface area contributed by atoms with Crippen LogP contribution in [-0.2, 0) is 10.8 Å². The van der Waals surface area contributed by atoms with Crippen LogP contribution in [0.15, 0.2) is 151 Å². The highest BCUT2D eigenvalue weighted by atomic mass is 16.5. The third-order valence-corrected chi connectivity index (χ3v) is 10.2. The van der Waals surface area contributed by atoms with Crippen molar-refractivity contribution in [2.45, 2.75) is 38.5 Å². The van der Waals surface area contributed by atoms with Gasteiger partial charge in [0.1, 0.15) is 11.5 Å². The second-order valence-electron chi connectivity index (χ2n) is 13.0. The Morgan fingerprint density at radius 3 is 1.71 bits per heavy atom. The molecule has 1 nitrogen and oxygen atoms in total. The van der Waals surface area contributed by atoms with Gasteiger partial charge in [-0.25, -0.2) is 0 Å². The van der Waals surface area contributed by atoms with Crippen LogP contribution < -0.4 is 4.74 Å². The van der Waals surface area contributed by atoms with Crippen molar-refractivity contribution in [1.29, 1.82) is 0 Å². The standard InChI is InChI=1S/C44H36O/c1-29-15-11-12-20-35(29)42-30(2)44(33-16-7-5-8-17-33,34-18-9-6-10-19-34)38-27-31(23-25-36(38)42)32-24-26-41-39(28-32)43(3,4)37-21-13-14-22-40(37)45-41/h5-28H,1-4H3. The smallest absolute Gasteiger partial charge is 0.131 e. The van der Waals surface area contributed by atoms with Crippen molar-refractivity contribution >= 4 is 5.57 Å². The van der Waals surface area contributed by atoms with Gasteiger partial charge in [-0.3, -0.25) is 0 Å². The molecular weight excluding hydrogens is 544 g/mol. The van der Waals surface area contributed by atoms with Crippen LogP contribution in [0.3, 0.4) is 0 Å². The maximum absolute atomic E-state index is 6.41. The zero-order valence-electron chi connectivity index (χ0n) is 26.3. The minimum atomic E-state index is -0.430. The summed E-state index contributed by atoms with van der Waals surface area (Å²) in [5.74, 6) is 1.88. The van der Waals surface area contributed by atoms with Crippen LogP contribution in [0.1, 0.15) is 65.3 Å². The molecule has 0 bridgehead atoms. The number of benzene rings is 6. The van der Waals surface area contributed by atoms with Crippen LogP contribution in [0.4, 0.5) is 0 Å². The van der Waals surface area contributed by atoms with E-state index in [1.807, 2.05) is 6.07 Å². The molecule has 0 fully saturated rings. The number of fused-ring (bicyclic) bond motifs is 3. The number of hydrogen-bond acceptors (Lipinski definition) is 1. The van der Waals surface area contributed by atoms with Crippen LogP contribution >= 0.6 is 0 Å². The molecule has 0 radical (unpaired) electrons. The van der Waals surface area contributed by atoms with E-state index in [2.05, 4.69) is 167 Å². The zero-order chi connectivity index (χ0) is 30.8. The number of para-hydroxylation sites is 1. The fourth-order valence-corrected chi connectivity index (χ4v) is 7.95. The molecular formula is C44H36O. The first-order valence-corrected chi connectivity index (χ1v) is 15.9. The fourth-order valence-electron chi connectivity index (χ4n) is 7.95. The average Bonchev–Trinajstić information content (AvgIpc) is 3.33. The van der Waals surface area contributed by atoms with Crippen molar-refractivity contribution in [3.63, 3.8) is 0 Å². The third-order valence-electron chi connectivity index (χ3n) is 10.2. The summed E-state index contributed by atoms with van der Waals surface area (Å²) in [4.78, 5) is 0. The van der Waals surface area contributed by atoms with Crippen LogP contribution in [0.2, 0.25) is 0 Å². The Morgan fingerprint density at radius 2 is 1.02 bits per heavy atom. The maximum Gasteiger partial charge on any atom is 0.131 e. The Bertz CT molecular complexity index is 2080. The van der Waals surface area contributed by atoms with Crippen LogP contribution in [0.5, 0.6) is 11.5 Å². The molecule has 1 aliphatic carbocycles. The third kappa shape index (κ3) is 4.00. The van der Waals surface area contributed by atoms with Crippen molar-refractivity contribution in [1.82, 2.24) is 0 Å². The van der Waals surface area contributed by atoms with E-state index in [1.165, 1.54) is 66.8 Å². The molecule has 0 amide bonds. The Balaban J connectivity index is 1.39. The van der Waals surface area contributed by atoms with E-state index in [0.29, 0.717) is 0 Å². The zero-order valence-corrected chi connectivity index (χ0v) is 26.3. The molecule has 0 unspecified atom stereocenters.